The fourth-order valence-corrected chi connectivity index (χ4v) is 1.88. The van der Waals surface area contributed by atoms with Crippen molar-refractivity contribution in [3.05, 3.63) is 0 Å². The lowest BCUT2D eigenvalue weighted by molar-refractivity contribution is 0.190. The van der Waals surface area contributed by atoms with Crippen LogP contribution in [0.5, 0.6) is 0 Å². The smallest absolute Gasteiger partial charge is 0.148 e. The fraction of sp³-hybridized carbons (Fsp3) is 1.00. The predicted octanol–water partition coefficient (Wildman–Crippen LogP) is 0.336. The van der Waals surface area contributed by atoms with Crippen LogP contribution in [0.4, 0.5) is 0 Å². The van der Waals surface area contributed by atoms with E-state index in [1.54, 1.807) is 0 Å². The Morgan fingerprint density at radius 2 is 1.87 bits per heavy atom. The minimum Gasteiger partial charge on any atom is -0.327 e. The van der Waals surface area contributed by atoms with Crippen molar-refractivity contribution >= 4 is 9.84 Å². The summed E-state index contributed by atoms with van der Waals surface area (Å²) in [7, 11) is -0.942. The quantitative estimate of drug-likeness (QED) is 0.722. The summed E-state index contributed by atoms with van der Waals surface area (Å²) in [6.07, 6.45) is 1.26. The summed E-state index contributed by atoms with van der Waals surface area (Å²) >= 11 is 0. The Kier molecular flexibility index (Phi) is 5.23. The van der Waals surface area contributed by atoms with Crippen LogP contribution in [0.25, 0.3) is 0 Å². The third-order valence-corrected chi connectivity index (χ3v) is 3.68. The van der Waals surface area contributed by atoms with Gasteiger partial charge in [-0.15, -0.1) is 0 Å². The Morgan fingerprint density at radius 3 is 2.20 bits per heavy atom. The van der Waals surface area contributed by atoms with Crippen LogP contribution < -0.4 is 5.73 Å². The highest BCUT2D eigenvalue weighted by atomic mass is 32.2. The van der Waals surface area contributed by atoms with Crippen LogP contribution in [0.2, 0.25) is 0 Å². The largest absolute Gasteiger partial charge is 0.327 e. The van der Waals surface area contributed by atoms with Gasteiger partial charge in [-0.2, -0.15) is 0 Å². The zero-order valence-electron chi connectivity index (χ0n) is 10.4. The molecule has 0 radical (unpaired) electrons. The van der Waals surface area contributed by atoms with Gasteiger partial charge < -0.3 is 10.6 Å². The number of hydrogen-bond donors (Lipinski definition) is 1. The van der Waals surface area contributed by atoms with E-state index in [1.165, 1.54) is 6.26 Å². The summed E-state index contributed by atoms with van der Waals surface area (Å²) in [6.45, 7) is 7.53. The van der Waals surface area contributed by atoms with Crippen molar-refractivity contribution < 1.29 is 8.42 Å². The Morgan fingerprint density at radius 1 is 1.40 bits per heavy atom. The number of nitrogens with zero attached hydrogens (tertiary/aromatic N) is 1. The summed E-state index contributed by atoms with van der Waals surface area (Å²) in [4.78, 5) is 2.02. The molecule has 1 atom stereocenters. The van der Waals surface area contributed by atoms with Gasteiger partial charge in [0.05, 0.1) is 5.75 Å². The molecule has 0 heterocycles. The molecular weight excluding hydrogens is 212 g/mol. The predicted molar refractivity (Wildman–Crippen MR) is 64.6 cm³/mol. The van der Waals surface area contributed by atoms with Crippen LogP contribution >= 0.6 is 0 Å². The van der Waals surface area contributed by atoms with Crippen molar-refractivity contribution in [3.63, 3.8) is 0 Å². The molecule has 0 spiro atoms. The van der Waals surface area contributed by atoms with Crippen molar-refractivity contribution in [3.8, 4) is 0 Å². The molecule has 0 amide bonds. The Bertz CT molecular complexity index is 284. The normalized spacial score (nSPS) is 15.7. The first kappa shape index (κ1) is 14.9. The van der Waals surface area contributed by atoms with Crippen molar-refractivity contribution in [1.82, 2.24) is 4.90 Å². The molecule has 0 saturated carbocycles. The molecule has 0 aliphatic carbocycles. The van der Waals surface area contributed by atoms with Crippen LogP contribution in [-0.2, 0) is 9.84 Å². The van der Waals surface area contributed by atoms with E-state index in [1.807, 2.05) is 18.9 Å². The molecule has 0 fully saturated rings. The van der Waals surface area contributed by atoms with Crippen LogP contribution in [0.3, 0.4) is 0 Å². The molecule has 0 rings (SSSR count). The maximum absolute atomic E-state index is 11.0. The second-order valence-electron chi connectivity index (χ2n) is 5.14. The van der Waals surface area contributed by atoms with Crippen LogP contribution in [0.15, 0.2) is 0 Å². The first-order chi connectivity index (χ1) is 6.54. The van der Waals surface area contributed by atoms with Gasteiger partial charge in [0.1, 0.15) is 9.84 Å². The highest BCUT2D eigenvalue weighted by molar-refractivity contribution is 7.90. The van der Waals surface area contributed by atoms with E-state index >= 15 is 0 Å². The summed E-state index contributed by atoms with van der Waals surface area (Å²) < 4.78 is 22.0. The molecule has 0 aromatic rings. The molecule has 5 heteroatoms. The second-order valence-corrected chi connectivity index (χ2v) is 7.40. The van der Waals surface area contributed by atoms with Gasteiger partial charge in [-0.1, -0.05) is 13.8 Å². The highest BCUT2D eigenvalue weighted by Gasteiger charge is 2.24. The van der Waals surface area contributed by atoms with Crippen LogP contribution in [-0.4, -0.2) is 51.5 Å². The SMILES string of the molecule is CC(N)C(C)(C)CN(C)CCS(C)(=O)=O. The average molecular weight is 236 g/mol. The van der Waals surface area contributed by atoms with Gasteiger partial charge in [0.2, 0.25) is 0 Å². The Hall–Kier alpha value is -0.130. The minimum atomic E-state index is -2.87. The van der Waals surface area contributed by atoms with E-state index in [-0.39, 0.29) is 17.2 Å². The monoisotopic (exact) mass is 236 g/mol. The lowest BCUT2D eigenvalue weighted by atomic mass is 9.85. The lowest BCUT2D eigenvalue weighted by Gasteiger charge is -2.33. The molecular formula is C10H24N2O2S. The molecule has 2 N–H and O–H groups in total. The first-order valence-electron chi connectivity index (χ1n) is 5.16. The van der Waals surface area contributed by atoms with Crippen LogP contribution in [0.1, 0.15) is 20.8 Å². The zero-order valence-corrected chi connectivity index (χ0v) is 11.3. The van der Waals surface area contributed by atoms with Gasteiger partial charge in [0.15, 0.2) is 0 Å². The Labute approximate surface area is 93.7 Å². The van der Waals surface area contributed by atoms with E-state index < -0.39 is 9.84 Å². The van der Waals surface area contributed by atoms with Gasteiger partial charge in [0.25, 0.3) is 0 Å². The molecule has 15 heavy (non-hydrogen) atoms. The van der Waals surface area contributed by atoms with Crippen molar-refractivity contribution in [2.24, 2.45) is 11.1 Å². The number of sulfone groups is 1. The van der Waals surface area contributed by atoms with Crippen molar-refractivity contribution in [2.45, 2.75) is 26.8 Å². The van der Waals surface area contributed by atoms with E-state index in [0.29, 0.717) is 6.54 Å². The topological polar surface area (TPSA) is 63.4 Å². The third-order valence-electron chi connectivity index (χ3n) is 2.75. The molecule has 0 aliphatic heterocycles. The third kappa shape index (κ3) is 6.87. The van der Waals surface area contributed by atoms with Gasteiger partial charge in [-0.25, -0.2) is 8.42 Å². The zero-order chi connectivity index (χ0) is 12.3. The number of rotatable bonds is 6. The number of hydrogen-bond acceptors (Lipinski definition) is 4. The van der Waals surface area contributed by atoms with E-state index in [0.717, 1.165) is 6.54 Å². The second kappa shape index (κ2) is 5.27. The van der Waals surface area contributed by atoms with E-state index in [4.69, 9.17) is 5.73 Å². The highest BCUT2D eigenvalue weighted by Crippen LogP contribution is 2.19. The maximum Gasteiger partial charge on any atom is 0.148 e. The fourth-order valence-electron chi connectivity index (χ4n) is 1.24. The molecule has 4 nitrogen and oxygen atoms in total. The van der Waals surface area contributed by atoms with Gasteiger partial charge in [-0.05, 0) is 19.4 Å². The average Bonchev–Trinajstić information content (AvgIpc) is 1.98. The summed E-state index contributed by atoms with van der Waals surface area (Å²) in [5.41, 5.74) is 5.86. The number of nitrogens with two attached hydrogens (primary N) is 1. The first-order valence-corrected chi connectivity index (χ1v) is 7.22. The molecule has 0 aromatic carbocycles. The lowest BCUT2D eigenvalue weighted by Crippen LogP contribution is -2.44. The van der Waals surface area contributed by atoms with Crippen molar-refractivity contribution in [1.29, 1.82) is 0 Å². The summed E-state index contributed by atoms with van der Waals surface area (Å²) in [6, 6.07) is 0.0955. The molecule has 0 bridgehead atoms. The Balaban J connectivity index is 4.10. The summed E-state index contributed by atoms with van der Waals surface area (Å²) in [5, 5.41) is 0. The van der Waals surface area contributed by atoms with Crippen molar-refractivity contribution in [2.75, 3.05) is 32.1 Å². The van der Waals surface area contributed by atoms with Crippen LogP contribution in [0, 0.1) is 5.41 Å². The molecule has 92 valence electrons. The van der Waals surface area contributed by atoms with Gasteiger partial charge in [-0.3, -0.25) is 0 Å². The van der Waals surface area contributed by atoms with Gasteiger partial charge >= 0.3 is 0 Å². The van der Waals surface area contributed by atoms with E-state index in [9.17, 15) is 8.42 Å². The molecule has 0 saturated heterocycles. The maximum atomic E-state index is 11.0. The van der Waals surface area contributed by atoms with E-state index in [2.05, 4.69) is 13.8 Å². The molecule has 0 aromatic heterocycles. The summed E-state index contributed by atoms with van der Waals surface area (Å²) in [5.74, 6) is 0.207. The standard InChI is InChI=1S/C10H24N2O2S/c1-9(11)10(2,3)8-12(4)6-7-15(5,13)14/h9H,6-8,11H2,1-5H3. The minimum absolute atomic E-state index is 0.00620. The van der Waals surface area contributed by atoms with Gasteiger partial charge in [0, 0.05) is 25.4 Å². The molecule has 1 unspecified atom stereocenters. The molecule has 0 aliphatic rings.